The number of rotatable bonds is 1. The van der Waals surface area contributed by atoms with Crippen LogP contribution in [0.15, 0.2) is 42.5 Å². The first-order valence-electron chi connectivity index (χ1n) is 3.87. The van der Waals surface area contributed by atoms with Crippen LogP contribution in [0.4, 0.5) is 0 Å². The average molecular weight is 157 g/mol. The van der Waals surface area contributed by atoms with E-state index in [1.54, 1.807) is 0 Å². The minimum Gasteiger partial charge on any atom is -0.385 e. The van der Waals surface area contributed by atoms with Crippen LogP contribution in [0.3, 0.4) is 0 Å². The van der Waals surface area contributed by atoms with Crippen molar-refractivity contribution in [1.29, 1.82) is 0 Å². The van der Waals surface area contributed by atoms with Crippen molar-refractivity contribution in [3.05, 3.63) is 54.6 Å². The lowest BCUT2D eigenvalue weighted by atomic mass is 10.1. The largest absolute Gasteiger partial charge is 0.385 e. The molecule has 0 saturated carbocycles. The predicted molar refractivity (Wildman–Crippen MR) is 49.3 cm³/mol. The molecule has 0 aliphatic rings. The zero-order valence-corrected chi connectivity index (χ0v) is 6.57. The normalized spacial score (nSPS) is 10.4. The minimum atomic E-state index is 0.869. The maximum atomic E-state index is 8.91. The summed E-state index contributed by atoms with van der Waals surface area (Å²) < 4.78 is 0. The van der Waals surface area contributed by atoms with E-state index >= 15 is 0 Å². The van der Waals surface area contributed by atoms with Gasteiger partial charge >= 0.3 is 0 Å². The van der Waals surface area contributed by atoms with E-state index in [0.717, 1.165) is 22.9 Å². The molecule has 12 heavy (non-hydrogen) atoms. The third kappa shape index (κ3) is 1.08. The van der Waals surface area contributed by atoms with Gasteiger partial charge in [0.1, 0.15) is 6.61 Å². The maximum Gasteiger partial charge on any atom is 0.110 e. The molecule has 2 aromatic carbocycles. The lowest BCUT2D eigenvalue weighted by Crippen LogP contribution is -1.81. The van der Waals surface area contributed by atoms with Crippen LogP contribution in [0, 0.1) is 6.61 Å². The van der Waals surface area contributed by atoms with Crippen LogP contribution < -0.4 is 0 Å². The highest BCUT2D eigenvalue weighted by Gasteiger charge is 1.96. The summed E-state index contributed by atoms with van der Waals surface area (Å²) in [5, 5.41) is 11.1. The second-order valence-corrected chi connectivity index (χ2v) is 2.70. The molecule has 1 nitrogen and oxygen atoms in total. The summed E-state index contributed by atoms with van der Waals surface area (Å²) in [5.74, 6) is 0. The van der Waals surface area contributed by atoms with Gasteiger partial charge in [0, 0.05) is 0 Å². The Labute approximate surface area is 71.3 Å². The monoisotopic (exact) mass is 157 g/mol. The molecular weight excluding hydrogens is 148 g/mol. The van der Waals surface area contributed by atoms with E-state index in [1.807, 2.05) is 42.5 Å². The maximum absolute atomic E-state index is 8.91. The van der Waals surface area contributed by atoms with Crippen LogP contribution in [0.25, 0.3) is 10.8 Å². The third-order valence-electron chi connectivity index (χ3n) is 1.96. The van der Waals surface area contributed by atoms with Crippen LogP contribution in [0.2, 0.25) is 0 Å². The van der Waals surface area contributed by atoms with Crippen LogP contribution in [-0.4, -0.2) is 5.11 Å². The number of hydrogen-bond donors (Lipinski definition) is 1. The summed E-state index contributed by atoms with van der Waals surface area (Å²) in [4.78, 5) is 0. The van der Waals surface area contributed by atoms with Gasteiger partial charge in [-0.15, -0.1) is 0 Å². The van der Waals surface area contributed by atoms with Crippen molar-refractivity contribution in [2.45, 2.75) is 0 Å². The van der Waals surface area contributed by atoms with Crippen molar-refractivity contribution in [2.24, 2.45) is 0 Å². The van der Waals surface area contributed by atoms with Gasteiger partial charge in [0.25, 0.3) is 0 Å². The molecular formula is C11H9O. The zero-order valence-electron chi connectivity index (χ0n) is 6.57. The first-order valence-corrected chi connectivity index (χ1v) is 3.87. The van der Waals surface area contributed by atoms with Gasteiger partial charge in [0.15, 0.2) is 0 Å². The van der Waals surface area contributed by atoms with Crippen molar-refractivity contribution in [3.8, 4) is 0 Å². The number of fused-ring (bicyclic) bond motifs is 1. The van der Waals surface area contributed by atoms with E-state index in [-0.39, 0.29) is 0 Å². The summed E-state index contributed by atoms with van der Waals surface area (Å²) in [6.07, 6.45) is 0. The molecule has 0 spiro atoms. The zero-order chi connectivity index (χ0) is 8.39. The molecule has 1 radical (unpaired) electrons. The fourth-order valence-corrected chi connectivity index (χ4v) is 1.36. The van der Waals surface area contributed by atoms with Crippen LogP contribution in [0.5, 0.6) is 0 Å². The highest BCUT2D eigenvalue weighted by Crippen LogP contribution is 2.18. The number of aliphatic hydroxyl groups excluding tert-OH is 1. The molecule has 0 fully saturated rings. The van der Waals surface area contributed by atoms with Gasteiger partial charge in [-0.2, -0.15) is 0 Å². The van der Waals surface area contributed by atoms with Gasteiger partial charge in [-0.3, -0.25) is 0 Å². The Morgan fingerprint density at radius 2 is 1.67 bits per heavy atom. The molecule has 59 valence electrons. The number of hydrogen-bond acceptors (Lipinski definition) is 1. The van der Waals surface area contributed by atoms with E-state index in [9.17, 15) is 0 Å². The van der Waals surface area contributed by atoms with Crippen molar-refractivity contribution in [2.75, 3.05) is 0 Å². The van der Waals surface area contributed by atoms with Crippen LogP contribution in [0.1, 0.15) is 5.56 Å². The van der Waals surface area contributed by atoms with Gasteiger partial charge in [-0.05, 0) is 16.3 Å². The summed E-state index contributed by atoms with van der Waals surface area (Å²) in [6.45, 7) is 1.14. The highest BCUT2D eigenvalue weighted by molar-refractivity contribution is 5.86. The second-order valence-electron chi connectivity index (χ2n) is 2.70. The molecule has 0 amide bonds. The smallest absolute Gasteiger partial charge is 0.110 e. The Morgan fingerprint density at radius 3 is 2.50 bits per heavy atom. The number of aliphatic hydroxyl groups is 1. The van der Waals surface area contributed by atoms with Crippen molar-refractivity contribution >= 4 is 10.8 Å². The highest BCUT2D eigenvalue weighted by atomic mass is 16.3. The summed E-state index contributed by atoms with van der Waals surface area (Å²) in [7, 11) is 0. The van der Waals surface area contributed by atoms with E-state index in [1.165, 1.54) is 0 Å². The van der Waals surface area contributed by atoms with Crippen molar-refractivity contribution in [1.82, 2.24) is 0 Å². The van der Waals surface area contributed by atoms with Gasteiger partial charge in [0.05, 0.1) is 0 Å². The Balaban J connectivity index is 2.79. The summed E-state index contributed by atoms with van der Waals surface area (Å²) in [6, 6.07) is 13.8. The lowest BCUT2D eigenvalue weighted by molar-refractivity contribution is 0.416. The van der Waals surface area contributed by atoms with Crippen molar-refractivity contribution < 1.29 is 5.11 Å². The summed E-state index contributed by atoms with van der Waals surface area (Å²) >= 11 is 0. The van der Waals surface area contributed by atoms with E-state index in [4.69, 9.17) is 5.11 Å². The van der Waals surface area contributed by atoms with Gasteiger partial charge in [-0.25, -0.2) is 0 Å². The first kappa shape index (κ1) is 7.32. The standard InChI is InChI=1S/C11H9O/c12-8-10-6-3-5-9-4-1-2-7-11(9)10/h1-8,12H. The molecule has 0 heterocycles. The molecule has 0 aliphatic heterocycles. The first-order chi connectivity index (χ1) is 5.92. The second kappa shape index (κ2) is 2.95. The van der Waals surface area contributed by atoms with Crippen LogP contribution >= 0.6 is 0 Å². The Bertz CT molecular complexity index is 388. The molecule has 0 atom stereocenters. The summed E-state index contributed by atoms with van der Waals surface area (Å²) in [5.41, 5.74) is 0.869. The topological polar surface area (TPSA) is 20.2 Å². The van der Waals surface area contributed by atoms with Crippen LogP contribution in [-0.2, 0) is 0 Å². The SMILES string of the molecule is O[CH]c1cccc2ccccc12. The van der Waals surface area contributed by atoms with E-state index in [0.29, 0.717) is 0 Å². The third-order valence-corrected chi connectivity index (χ3v) is 1.96. The van der Waals surface area contributed by atoms with Gasteiger partial charge in [0.2, 0.25) is 0 Å². The molecule has 0 bridgehead atoms. The predicted octanol–water partition coefficient (Wildman–Crippen LogP) is 2.72. The van der Waals surface area contributed by atoms with E-state index < -0.39 is 0 Å². The molecule has 0 unspecified atom stereocenters. The molecule has 1 N–H and O–H groups in total. The Morgan fingerprint density at radius 1 is 0.917 bits per heavy atom. The Hall–Kier alpha value is -1.34. The Kier molecular flexibility index (Phi) is 1.80. The fourth-order valence-electron chi connectivity index (χ4n) is 1.36. The van der Waals surface area contributed by atoms with E-state index in [2.05, 4.69) is 0 Å². The number of benzene rings is 2. The minimum absolute atomic E-state index is 0.869. The average Bonchev–Trinajstić information content (AvgIpc) is 2.17. The van der Waals surface area contributed by atoms with Gasteiger partial charge in [-0.1, -0.05) is 42.5 Å². The lowest BCUT2D eigenvalue weighted by Gasteiger charge is -2.01. The molecule has 0 saturated heterocycles. The molecule has 1 heteroatoms. The fraction of sp³-hybridized carbons (Fsp3) is 0. The quantitative estimate of drug-likeness (QED) is 0.674. The molecule has 2 rings (SSSR count). The van der Waals surface area contributed by atoms with Crippen molar-refractivity contribution in [3.63, 3.8) is 0 Å². The molecule has 0 aromatic heterocycles. The van der Waals surface area contributed by atoms with Gasteiger partial charge < -0.3 is 5.11 Å². The molecule has 2 aromatic rings. The molecule has 0 aliphatic carbocycles.